The molecule has 2 N–H and O–H groups in total. The smallest absolute Gasteiger partial charge is 0.325 e. The van der Waals surface area contributed by atoms with Gasteiger partial charge < -0.3 is 14.8 Å². The fraction of sp³-hybridized carbons (Fsp3) is 0.118. The van der Waals surface area contributed by atoms with Crippen molar-refractivity contribution >= 4 is 28.2 Å². The van der Waals surface area contributed by atoms with Gasteiger partial charge in [0.15, 0.2) is 11.5 Å². The monoisotopic (exact) mass is 356 g/mol. The van der Waals surface area contributed by atoms with Gasteiger partial charge in [-0.2, -0.15) is 0 Å². The highest BCUT2D eigenvalue weighted by molar-refractivity contribution is 7.18. The van der Waals surface area contributed by atoms with Crippen molar-refractivity contribution in [3.8, 4) is 22.1 Å². The highest BCUT2D eigenvalue weighted by atomic mass is 32.1. The zero-order valence-corrected chi connectivity index (χ0v) is 14.5. The Kier molecular flexibility index (Phi) is 5.10. The molecular formula is C17H16N4O3S. The summed E-state index contributed by atoms with van der Waals surface area (Å²) < 4.78 is 10.5. The first-order chi connectivity index (χ1) is 12.2. The summed E-state index contributed by atoms with van der Waals surface area (Å²) in [5.41, 5.74) is 1.52. The van der Waals surface area contributed by atoms with Gasteiger partial charge >= 0.3 is 6.03 Å². The number of hydrogen-bond donors (Lipinski definition) is 2. The van der Waals surface area contributed by atoms with E-state index in [0.717, 1.165) is 5.56 Å². The van der Waals surface area contributed by atoms with Crippen LogP contribution in [-0.2, 0) is 0 Å². The Labute approximate surface area is 148 Å². The Balaban J connectivity index is 1.71. The van der Waals surface area contributed by atoms with E-state index in [1.165, 1.54) is 11.3 Å². The Hall–Kier alpha value is -3.13. The maximum Gasteiger partial charge on any atom is 0.325 e. The van der Waals surface area contributed by atoms with Crippen LogP contribution in [0.4, 0.5) is 15.6 Å². The molecule has 128 valence electrons. The molecule has 0 radical (unpaired) electrons. The third-order valence-corrected chi connectivity index (χ3v) is 4.20. The number of benzene rings is 2. The van der Waals surface area contributed by atoms with Crippen molar-refractivity contribution in [2.45, 2.75) is 0 Å². The molecule has 3 aromatic rings. The van der Waals surface area contributed by atoms with Crippen LogP contribution in [0, 0.1) is 0 Å². The van der Waals surface area contributed by atoms with Gasteiger partial charge in [0.05, 0.1) is 14.2 Å². The van der Waals surface area contributed by atoms with Gasteiger partial charge in [0.25, 0.3) is 0 Å². The summed E-state index contributed by atoms with van der Waals surface area (Å²) in [7, 11) is 3.15. The number of ether oxygens (including phenoxy) is 2. The molecular weight excluding hydrogens is 340 g/mol. The highest BCUT2D eigenvalue weighted by Gasteiger charge is 2.12. The van der Waals surface area contributed by atoms with Gasteiger partial charge in [-0.3, -0.25) is 5.32 Å². The van der Waals surface area contributed by atoms with Crippen LogP contribution in [0.2, 0.25) is 0 Å². The Morgan fingerprint density at radius 2 is 1.72 bits per heavy atom. The third kappa shape index (κ3) is 4.04. The molecule has 1 heterocycles. The average molecular weight is 356 g/mol. The number of anilines is 2. The average Bonchev–Trinajstić information content (AvgIpc) is 3.10. The molecule has 0 unspecified atom stereocenters. The second-order valence-corrected chi connectivity index (χ2v) is 5.90. The summed E-state index contributed by atoms with van der Waals surface area (Å²) in [6.45, 7) is 0. The molecule has 0 aliphatic rings. The molecule has 0 bridgehead atoms. The van der Waals surface area contributed by atoms with Gasteiger partial charge in [-0.25, -0.2) is 4.79 Å². The van der Waals surface area contributed by atoms with E-state index in [0.29, 0.717) is 27.3 Å². The molecule has 0 saturated carbocycles. The number of urea groups is 1. The largest absolute Gasteiger partial charge is 0.493 e. The number of carbonyl (C=O) groups excluding carboxylic acids is 1. The number of nitrogens with one attached hydrogen (secondary N) is 2. The van der Waals surface area contributed by atoms with Crippen molar-refractivity contribution in [1.82, 2.24) is 10.2 Å². The summed E-state index contributed by atoms with van der Waals surface area (Å²) in [6, 6.07) is 14.3. The van der Waals surface area contributed by atoms with Crippen molar-refractivity contribution in [2.75, 3.05) is 24.9 Å². The molecule has 3 rings (SSSR count). The number of hydrogen-bond acceptors (Lipinski definition) is 6. The Morgan fingerprint density at radius 1 is 0.960 bits per heavy atom. The number of amides is 2. The van der Waals surface area contributed by atoms with Crippen molar-refractivity contribution in [3.05, 3.63) is 48.5 Å². The minimum Gasteiger partial charge on any atom is -0.493 e. The summed E-state index contributed by atoms with van der Waals surface area (Å²) in [6.07, 6.45) is 0. The number of para-hydroxylation sites is 1. The Morgan fingerprint density at radius 3 is 2.44 bits per heavy atom. The molecule has 0 atom stereocenters. The van der Waals surface area contributed by atoms with E-state index >= 15 is 0 Å². The lowest BCUT2D eigenvalue weighted by molar-refractivity contribution is 0.262. The molecule has 25 heavy (non-hydrogen) atoms. The zero-order valence-electron chi connectivity index (χ0n) is 13.6. The maximum absolute atomic E-state index is 12.0. The number of rotatable bonds is 5. The summed E-state index contributed by atoms with van der Waals surface area (Å²) >= 11 is 1.27. The third-order valence-electron chi connectivity index (χ3n) is 3.31. The van der Waals surface area contributed by atoms with Crippen LogP contribution in [-0.4, -0.2) is 30.4 Å². The standard InChI is InChI=1S/C17H16N4O3S/c1-23-13-9-8-11(10-14(13)24-2)15-20-21-17(25-15)19-16(22)18-12-6-4-3-5-7-12/h3-10H,1-2H3,(H2,18,19,21,22). The van der Waals surface area contributed by atoms with E-state index < -0.39 is 0 Å². The number of carbonyl (C=O) groups is 1. The molecule has 0 spiro atoms. The first-order valence-corrected chi connectivity index (χ1v) is 8.20. The normalized spacial score (nSPS) is 10.2. The maximum atomic E-state index is 12.0. The Bertz CT molecular complexity index is 867. The van der Waals surface area contributed by atoms with E-state index in [1.807, 2.05) is 30.3 Å². The van der Waals surface area contributed by atoms with Gasteiger partial charge in [-0.15, -0.1) is 10.2 Å². The second-order valence-electron chi connectivity index (χ2n) is 4.93. The van der Waals surface area contributed by atoms with E-state index in [-0.39, 0.29) is 6.03 Å². The van der Waals surface area contributed by atoms with Crippen molar-refractivity contribution < 1.29 is 14.3 Å². The number of methoxy groups -OCH3 is 2. The van der Waals surface area contributed by atoms with Crippen LogP contribution in [0.25, 0.3) is 10.6 Å². The minimum absolute atomic E-state index is 0.374. The second kappa shape index (κ2) is 7.63. The van der Waals surface area contributed by atoms with Gasteiger partial charge in [0.1, 0.15) is 5.01 Å². The van der Waals surface area contributed by atoms with Crippen LogP contribution in [0.5, 0.6) is 11.5 Å². The zero-order chi connectivity index (χ0) is 17.6. The van der Waals surface area contributed by atoms with Crippen LogP contribution >= 0.6 is 11.3 Å². The predicted molar refractivity (Wildman–Crippen MR) is 97.5 cm³/mol. The quantitative estimate of drug-likeness (QED) is 0.725. The van der Waals surface area contributed by atoms with Gasteiger partial charge in [-0.05, 0) is 30.3 Å². The van der Waals surface area contributed by atoms with Crippen molar-refractivity contribution in [3.63, 3.8) is 0 Å². The van der Waals surface area contributed by atoms with Gasteiger partial charge in [-0.1, -0.05) is 29.5 Å². The fourth-order valence-electron chi connectivity index (χ4n) is 2.14. The number of nitrogens with zero attached hydrogens (tertiary/aromatic N) is 2. The molecule has 0 saturated heterocycles. The van der Waals surface area contributed by atoms with Crippen molar-refractivity contribution in [2.24, 2.45) is 0 Å². The minimum atomic E-state index is -0.374. The molecule has 0 aliphatic carbocycles. The topological polar surface area (TPSA) is 85.4 Å². The van der Waals surface area contributed by atoms with E-state index in [9.17, 15) is 4.79 Å². The van der Waals surface area contributed by atoms with Gasteiger partial charge in [0.2, 0.25) is 5.13 Å². The lowest BCUT2D eigenvalue weighted by Crippen LogP contribution is -2.19. The predicted octanol–water partition coefficient (Wildman–Crippen LogP) is 3.87. The molecule has 7 nitrogen and oxygen atoms in total. The SMILES string of the molecule is COc1ccc(-c2nnc(NC(=O)Nc3ccccc3)s2)cc1OC. The first-order valence-electron chi connectivity index (χ1n) is 7.38. The van der Waals surface area contributed by atoms with E-state index in [4.69, 9.17) is 9.47 Å². The summed E-state index contributed by atoms with van der Waals surface area (Å²) in [4.78, 5) is 12.0. The lowest BCUT2D eigenvalue weighted by atomic mass is 10.2. The first kappa shape index (κ1) is 16.7. The van der Waals surface area contributed by atoms with E-state index in [2.05, 4.69) is 20.8 Å². The molecule has 2 amide bonds. The fourth-order valence-corrected chi connectivity index (χ4v) is 2.88. The molecule has 2 aromatic carbocycles. The molecule has 1 aromatic heterocycles. The van der Waals surface area contributed by atoms with Crippen molar-refractivity contribution in [1.29, 1.82) is 0 Å². The summed E-state index contributed by atoms with van der Waals surface area (Å²) in [5.74, 6) is 1.24. The number of aromatic nitrogens is 2. The van der Waals surface area contributed by atoms with E-state index in [1.54, 1.807) is 32.4 Å². The molecule has 0 fully saturated rings. The molecule has 8 heteroatoms. The van der Waals surface area contributed by atoms with Crippen LogP contribution in [0.3, 0.4) is 0 Å². The highest BCUT2D eigenvalue weighted by Crippen LogP contribution is 2.34. The molecule has 0 aliphatic heterocycles. The summed E-state index contributed by atoms with van der Waals surface area (Å²) in [5, 5.41) is 14.6. The van der Waals surface area contributed by atoms with Crippen LogP contribution < -0.4 is 20.1 Å². The van der Waals surface area contributed by atoms with Crippen LogP contribution in [0.1, 0.15) is 0 Å². The lowest BCUT2D eigenvalue weighted by Gasteiger charge is -2.07. The van der Waals surface area contributed by atoms with Crippen LogP contribution in [0.15, 0.2) is 48.5 Å². The van der Waals surface area contributed by atoms with Gasteiger partial charge in [0, 0.05) is 11.3 Å².